The van der Waals surface area contributed by atoms with Crippen molar-refractivity contribution in [1.82, 2.24) is 0 Å². The van der Waals surface area contributed by atoms with Crippen molar-refractivity contribution < 1.29 is 0 Å². The van der Waals surface area contributed by atoms with Crippen LogP contribution in [0.15, 0.2) is 24.3 Å². The number of thiocarbonyl (C=S) groups is 2. The summed E-state index contributed by atoms with van der Waals surface area (Å²) in [6, 6.07) is 7.34. The highest BCUT2D eigenvalue weighted by Gasteiger charge is 2.01. The van der Waals surface area contributed by atoms with Gasteiger partial charge in [-0.05, 0) is 36.6 Å². The van der Waals surface area contributed by atoms with Crippen molar-refractivity contribution >= 4 is 46.0 Å². The van der Waals surface area contributed by atoms with Gasteiger partial charge in [-0.3, -0.25) is 0 Å². The van der Waals surface area contributed by atoms with Crippen LogP contribution >= 0.6 is 24.4 Å². The molecule has 1 rings (SSSR count). The van der Waals surface area contributed by atoms with Crippen LogP contribution in [0.3, 0.4) is 0 Å². The highest BCUT2D eigenvalue weighted by molar-refractivity contribution is 7.80. The molecular weight excluding hydrogens is 216 g/mol. The molecule has 0 bridgehead atoms. The van der Waals surface area contributed by atoms with E-state index in [-0.39, 0.29) is 10.2 Å². The van der Waals surface area contributed by atoms with Crippen LogP contribution in [0.1, 0.15) is 0 Å². The van der Waals surface area contributed by atoms with Crippen molar-refractivity contribution in [2.45, 2.75) is 0 Å². The highest BCUT2D eigenvalue weighted by Crippen LogP contribution is 2.20. The van der Waals surface area contributed by atoms with Gasteiger partial charge >= 0.3 is 0 Å². The summed E-state index contributed by atoms with van der Waals surface area (Å²) in [5.41, 5.74) is 12.2. The van der Waals surface area contributed by atoms with Gasteiger partial charge in [0.15, 0.2) is 10.2 Å². The summed E-state index contributed by atoms with van der Waals surface area (Å²) in [7, 11) is 0. The number of hydrogen-bond acceptors (Lipinski definition) is 2. The maximum Gasteiger partial charge on any atom is 0.168 e. The third kappa shape index (κ3) is 3.15. The average Bonchev–Trinajstić information content (AvgIpc) is 2.06. The van der Waals surface area contributed by atoms with E-state index in [1.54, 1.807) is 0 Å². The van der Waals surface area contributed by atoms with Gasteiger partial charge in [0.25, 0.3) is 0 Å². The standard InChI is InChI=1S/C8H10N4S2/c9-7(13)11-5-3-1-2-4-6(5)12-8(10)14/h1-4H,(H3,9,11,13)(H3,10,12,14). The van der Waals surface area contributed by atoms with Gasteiger partial charge in [-0.15, -0.1) is 0 Å². The molecule has 0 saturated carbocycles. The third-order valence-corrected chi connectivity index (χ3v) is 1.65. The topological polar surface area (TPSA) is 76.1 Å². The zero-order valence-corrected chi connectivity index (χ0v) is 8.91. The molecule has 0 heterocycles. The van der Waals surface area contributed by atoms with E-state index in [9.17, 15) is 0 Å². The minimum absolute atomic E-state index is 0.196. The van der Waals surface area contributed by atoms with Gasteiger partial charge in [0.2, 0.25) is 0 Å². The maximum atomic E-state index is 5.35. The van der Waals surface area contributed by atoms with Crippen LogP contribution in [0.5, 0.6) is 0 Å². The fourth-order valence-corrected chi connectivity index (χ4v) is 1.19. The van der Waals surface area contributed by atoms with Crippen molar-refractivity contribution in [2.24, 2.45) is 11.5 Å². The molecule has 0 spiro atoms. The molecule has 0 amide bonds. The number of nitrogens with two attached hydrogens (primary N) is 2. The SMILES string of the molecule is NC(=S)Nc1ccccc1NC(N)=S. The zero-order chi connectivity index (χ0) is 10.6. The number of anilines is 2. The number of benzene rings is 1. The smallest absolute Gasteiger partial charge is 0.168 e. The van der Waals surface area contributed by atoms with Crippen LogP contribution in [0.4, 0.5) is 11.4 Å². The van der Waals surface area contributed by atoms with Gasteiger partial charge in [-0.1, -0.05) is 12.1 Å². The van der Waals surface area contributed by atoms with Crippen LogP contribution < -0.4 is 22.1 Å². The molecular formula is C8H10N4S2. The molecule has 14 heavy (non-hydrogen) atoms. The van der Waals surface area contributed by atoms with Gasteiger partial charge in [-0.2, -0.15) is 0 Å². The van der Waals surface area contributed by atoms with E-state index < -0.39 is 0 Å². The molecule has 0 aromatic heterocycles. The Labute approximate surface area is 92.7 Å². The quantitative estimate of drug-likeness (QED) is 0.564. The Hall–Kier alpha value is -1.40. The first-order chi connectivity index (χ1) is 6.59. The summed E-state index contributed by atoms with van der Waals surface area (Å²) < 4.78 is 0. The Morgan fingerprint density at radius 2 is 1.29 bits per heavy atom. The summed E-state index contributed by atoms with van der Waals surface area (Å²) >= 11 is 9.45. The van der Waals surface area contributed by atoms with E-state index in [0.29, 0.717) is 0 Å². The van der Waals surface area contributed by atoms with E-state index in [2.05, 4.69) is 10.6 Å². The Morgan fingerprint density at radius 3 is 1.57 bits per heavy atom. The second-order valence-corrected chi connectivity index (χ2v) is 3.40. The predicted octanol–water partition coefficient (Wildman–Crippen LogP) is 0.998. The maximum absolute atomic E-state index is 5.35. The first-order valence-electron chi connectivity index (χ1n) is 3.81. The van der Waals surface area contributed by atoms with Crippen molar-refractivity contribution in [3.05, 3.63) is 24.3 Å². The van der Waals surface area contributed by atoms with Crippen molar-refractivity contribution in [1.29, 1.82) is 0 Å². The Balaban J connectivity index is 2.90. The lowest BCUT2D eigenvalue weighted by Gasteiger charge is -2.11. The molecule has 4 nitrogen and oxygen atoms in total. The molecule has 0 aliphatic heterocycles. The fraction of sp³-hybridized carbons (Fsp3) is 0. The molecule has 1 aromatic carbocycles. The predicted molar refractivity (Wildman–Crippen MR) is 67.3 cm³/mol. The number of nitrogens with one attached hydrogen (secondary N) is 2. The molecule has 0 atom stereocenters. The molecule has 0 aliphatic carbocycles. The highest BCUT2D eigenvalue weighted by atomic mass is 32.1. The minimum Gasteiger partial charge on any atom is -0.376 e. The van der Waals surface area contributed by atoms with E-state index in [0.717, 1.165) is 11.4 Å². The van der Waals surface area contributed by atoms with Crippen molar-refractivity contribution in [3.8, 4) is 0 Å². The molecule has 0 fully saturated rings. The summed E-state index contributed by atoms with van der Waals surface area (Å²) in [5.74, 6) is 0. The number of rotatable bonds is 2. The number of hydrogen-bond donors (Lipinski definition) is 4. The van der Waals surface area contributed by atoms with Gasteiger partial charge in [0.05, 0.1) is 11.4 Å². The molecule has 1 aromatic rings. The van der Waals surface area contributed by atoms with Crippen LogP contribution in [0.2, 0.25) is 0 Å². The van der Waals surface area contributed by atoms with Crippen LogP contribution in [0.25, 0.3) is 0 Å². The van der Waals surface area contributed by atoms with Crippen molar-refractivity contribution in [2.75, 3.05) is 10.6 Å². The lowest BCUT2D eigenvalue weighted by Crippen LogP contribution is -2.23. The lowest BCUT2D eigenvalue weighted by molar-refractivity contribution is 1.56. The minimum atomic E-state index is 0.196. The lowest BCUT2D eigenvalue weighted by atomic mass is 10.2. The van der Waals surface area contributed by atoms with Crippen LogP contribution in [-0.2, 0) is 0 Å². The van der Waals surface area contributed by atoms with Gasteiger partial charge in [-0.25, -0.2) is 0 Å². The van der Waals surface area contributed by atoms with E-state index in [4.69, 9.17) is 35.9 Å². The fourth-order valence-electron chi connectivity index (χ4n) is 0.967. The summed E-state index contributed by atoms with van der Waals surface area (Å²) in [4.78, 5) is 0. The summed E-state index contributed by atoms with van der Waals surface area (Å²) in [6.07, 6.45) is 0. The molecule has 0 saturated heterocycles. The van der Waals surface area contributed by atoms with Crippen LogP contribution in [0, 0.1) is 0 Å². The largest absolute Gasteiger partial charge is 0.376 e. The molecule has 0 radical (unpaired) electrons. The Kier molecular flexibility index (Phi) is 3.61. The monoisotopic (exact) mass is 226 g/mol. The normalized spacial score (nSPS) is 9.14. The van der Waals surface area contributed by atoms with E-state index in [1.807, 2.05) is 24.3 Å². The molecule has 0 unspecified atom stereocenters. The van der Waals surface area contributed by atoms with E-state index in [1.165, 1.54) is 0 Å². The first kappa shape index (κ1) is 10.7. The summed E-state index contributed by atoms with van der Waals surface area (Å²) in [6.45, 7) is 0. The third-order valence-electron chi connectivity index (χ3n) is 1.44. The molecule has 74 valence electrons. The second kappa shape index (κ2) is 4.73. The van der Waals surface area contributed by atoms with Gasteiger partial charge < -0.3 is 22.1 Å². The van der Waals surface area contributed by atoms with Crippen LogP contribution in [-0.4, -0.2) is 10.2 Å². The second-order valence-electron chi connectivity index (χ2n) is 2.52. The Bertz CT molecular complexity index is 329. The average molecular weight is 226 g/mol. The van der Waals surface area contributed by atoms with Crippen molar-refractivity contribution in [3.63, 3.8) is 0 Å². The van der Waals surface area contributed by atoms with E-state index >= 15 is 0 Å². The molecule has 6 N–H and O–H groups in total. The Morgan fingerprint density at radius 1 is 0.929 bits per heavy atom. The number of para-hydroxylation sites is 2. The van der Waals surface area contributed by atoms with Gasteiger partial charge in [0.1, 0.15) is 0 Å². The first-order valence-corrected chi connectivity index (χ1v) is 4.63. The molecule has 0 aliphatic rings. The van der Waals surface area contributed by atoms with Gasteiger partial charge in [0, 0.05) is 0 Å². The molecule has 6 heteroatoms. The zero-order valence-electron chi connectivity index (χ0n) is 7.28. The summed E-state index contributed by atoms with van der Waals surface area (Å²) in [5, 5.41) is 6.01.